The molecule has 0 aliphatic carbocycles. The molecule has 0 aromatic heterocycles. The molecular weight excluding hydrogens is 298 g/mol. The molecule has 0 bridgehead atoms. The first-order chi connectivity index (χ1) is 8.50. The summed E-state index contributed by atoms with van der Waals surface area (Å²) in [5.74, 6) is -0.898. The second-order valence-electron chi connectivity index (χ2n) is 4.25. The van der Waals surface area contributed by atoms with Gasteiger partial charge in [0.1, 0.15) is 5.78 Å². The van der Waals surface area contributed by atoms with Gasteiger partial charge in [0.25, 0.3) is 11.7 Å². The number of fused-ring (bicyclic) bond motifs is 1. The van der Waals surface area contributed by atoms with E-state index in [1.165, 1.54) is 11.8 Å². The van der Waals surface area contributed by atoms with Crippen LogP contribution in [0.2, 0.25) is 0 Å². The minimum Gasteiger partial charge on any atom is -0.305 e. The summed E-state index contributed by atoms with van der Waals surface area (Å²) < 4.78 is 0.771. The lowest BCUT2D eigenvalue weighted by molar-refractivity contribution is -0.117. The lowest BCUT2D eigenvalue weighted by Crippen LogP contribution is -2.30. The quantitative estimate of drug-likeness (QED) is 0.802. The Morgan fingerprint density at radius 1 is 1.33 bits per heavy atom. The summed E-state index contributed by atoms with van der Waals surface area (Å²) in [5.41, 5.74) is 1.06. The Balaban J connectivity index is 2.21. The van der Waals surface area contributed by atoms with Gasteiger partial charge < -0.3 is 9.69 Å². The number of Topliss-reactive ketones (excluding diaryl/α,β-unsaturated/α-hetero) is 2. The average molecular weight is 310 g/mol. The monoisotopic (exact) mass is 309 g/mol. The van der Waals surface area contributed by atoms with E-state index in [0.717, 1.165) is 4.47 Å². The van der Waals surface area contributed by atoms with Crippen molar-refractivity contribution >= 4 is 39.1 Å². The molecule has 1 heterocycles. The van der Waals surface area contributed by atoms with Gasteiger partial charge in [0.15, 0.2) is 0 Å². The van der Waals surface area contributed by atoms with Gasteiger partial charge in [0, 0.05) is 17.4 Å². The van der Waals surface area contributed by atoms with Gasteiger partial charge in [-0.15, -0.1) is 0 Å². The van der Waals surface area contributed by atoms with Crippen molar-refractivity contribution in [2.45, 2.75) is 19.8 Å². The largest absolute Gasteiger partial charge is 0.305 e. The SMILES string of the molecule is CC(=O)CCCN1C(=O)C(=O)c2cc(Br)ccc21. The van der Waals surface area contributed by atoms with Gasteiger partial charge >= 0.3 is 0 Å². The molecule has 4 nitrogen and oxygen atoms in total. The van der Waals surface area contributed by atoms with E-state index in [0.29, 0.717) is 30.6 Å². The third kappa shape index (κ3) is 2.36. The maximum atomic E-state index is 11.8. The van der Waals surface area contributed by atoms with E-state index in [1.54, 1.807) is 18.2 Å². The molecule has 2 rings (SSSR count). The fourth-order valence-corrected chi connectivity index (χ4v) is 2.34. The predicted octanol–water partition coefficient (Wildman–Crippen LogP) is 2.35. The summed E-state index contributed by atoms with van der Waals surface area (Å²) in [4.78, 5) is 35.9. The highest BCUT2D eigenvalue weighted by molar-refractivity contribution is 9.10. The molecule has 0 unspecified atom stereocenters. The molecule has 1 amide bonds. The molecule has 0 radical (unpaired) electrons. The molecule has 1 aromatic rings. The van der Waals surface area contributed by atoms with Gasteiger partial charge in [-0.3, -0.25) is 9.59 Å². The first-order valence-corrected chi connectivity index (χ1v) is 6.45. The van der Waals surface area contributed by atoms with Crippen LogP contribution >= 0.6 is 15.9 Å². The molecule has 18 heavy (non-hydrogen) atoms. The van der Waals surface area contributed by atoms with Crippen molar-refractivity contribution in [2.75, 3.05) is 11.4 Å². The van der Waals surface area contributed by atoms with E-state index in [-0.39, 0.29) is 5.78 Å². The summed E-state index contributed by atoms with van der Waals surface area (Å²) in [7, 11) is 0. The minimum atomic E-state index is -0.508. The Morgan fingerprint density at radius 3 is 2.72 bits per heavy atom. The van der Waals surface area contributed by atoms with Gasteiger partial charge in [0.05, 0.1) is 11.3 Å². The lowest BCUT2D eigenvalue weighted by atomic mass is 10.1. The van der Waals surface area contributed by atoms with Crippen LogP contribution in [0, 0.1) is 0 Å². The van der Waals surface area contributed by atoms with E-state index < -0.39 is 11.7 Å². The highest BCUT2D eigenvalue weighted by Gasteiger charge is 2.35. The number of benzene rings is 1. The zero-order chi connectivity index (χ0) is 13.3. The van der Waals surface area contributed by atoms with Crippen LogP contribution in [0.25, 0.3) is 0 Å². The van der Waals surface area contributed by atoms with E-state index in [9.17, 15) is 14.4 Å². The van der Waals surface area contributed by atoms with Gasteiger partial charge in [0.2, 0.25) is 0 Å². The topological polar surface area (TPSA) is 54.5 Å². The van der Waals surface area contributed by atoms with Crippen LogP contribution in [0.3, 0.4) is 0 Å². The summed E-state index contributed by atoms with van der Waals surface area (Å²) >= 11 is 3.28. The Hall–Kier alpha value is -1.49. The smallest absolute Gasteiger partial charge is 0.299 e. The normalized spacial score (nSPS) is 14.0. The highest BCUT2D eigenvalue weighted by Crippen LogP contribution is 2.31. The van der Waals surface area contributed by atoms with Crippen molar-refractivity contribution < 1.29 is 14.4 Å². The van der Waals surface area contributed by atoms with Crippen LogP contribution in [0.4, 0.5) is 5.69 Å². The zero-order valence-electron chi connectivity index (χ0n) is 9.90. The highest BCUT2D eigenvalue weighted by atomic mass is 79.9. The van der Waals surface area contributed by atoms with Crippen LogP contribution in [-0.4, -0.2) is 24.0 Å². The van der Waals surface area contributed by atoms with Crippen LogP contribution in [0.15, 0.2) is 22.7 Å². The van der Waals surface area contributed by atoms with Crippen LogP contribution < -0.4 is 4.90 Å². The maximum absolute atomic E-state index is 11.8. The molecule has 94 valence electrons. The summed E-state index contributed by atoms with van der Waals surface area (Å²) in [6.45, 7) is 1.92. The molecule has 1 aliphatic rings. The van der Waals surface area contributed by atoms with Crippen LogP contribution in [0.5, 0.6) is 0 Å². The molecule has 1 aliphatic heterocycles. The second-order valence-corrected chi connectivity index (χ2v) is 5.17. The van der Waals surface area contributed by atoms with Gasteiger partial charge in [-0.25, -0.2) is 0 Å². The molecule has 0 N–H and O–H groups in total. The van der Waals surface area contributed by atoms with Crippen molar-refractivity contribution in [3.8, 4) is 0 Å². The third-order valence-electron chi connectivity index (χ3n) is 2.84. The third-order valence-corrected chi connectivity index (χ3v) is 3.34. The number of ketones is 2. The Kier molecular flexibility index (Phi) is 3.61. The Bertz CT molecular complexity index is 539. The summed E-state index contributed by atoms with van der Waals surface area (Å²) in [6, 6.07) is 5.19. The van der Waals surface area contributed by atoms with E-state index in [2.05, 4.69) is 15.9 Å². The first kappa shape index (κ1) is 13.0. The molecular formula is C13H12BrNO3. The zero-order valence-corrected chi connectivity index (χ0v) is 11.5. The van der Waals surface area contributed by atoms with Crippen LogP contribution in [-0.2, 0) is 9.59 Å². The first-order valence-electron chi connectivity index (χ1n) is 5.66. The van der Waals surface area contributed by atoms with E-state index in [1.807, 2.05) is 0 Å². The van der Waals surface area contributed by atoms with Gasteiger partial charge in [-0.2, -0.15) is 0 Å². The summed E-state index contributed by atoms with van der Waals surface area (Å²) in [6.07, 6.45) is 0.994. The Morgan fingerprint density at radius 2 is 2.06 bits per heavy atom. The standard InChI is InChI=1S/C13H12BrNO3/c1-8(16)3-2-6-15-11-5-4-9(14)7-10(11)12(17)13(15)18/h4-5,7H,2-3,6H2,1H3. The number of carbonyl (C=O) groups is 3. The second kappa shape index (κ2) is 5.02. The number of carbonyl (C=O) groups excluding carboxylic acids is 3. The molecule has 0 fully saturated rings. The van der Waals surface area contributed by atoms with Gasteiger partial charge in [-0.05, 0) is 31.5 Å². The number of rotatable bonds is 4. The van der Waals surface area contributed by atoms with Crippen molar-refractivity contribution in [3.63, 3.8) is 0 Å². The van der Waals surface area contributed by atoms with E-state index in [4.69, 9.17) is 0 Å². The summed E-state index contributed by atoms with van der Waals surface area (Å²) in [5, 5.41) is 0. The number of hydrogen-bond acceptors (Lipinski definition) is 3. The van der Waals surface area contributed by atoms with Crippen molar-refractivity contribution in [1.29, 1.82) is 0 Å². The molecule has 5 heteroatoms. The fraction of sp³-hybridized carbons (Fsp3) is 0.308. The van der Waals surface area contributed by atoms with E-state index >= 15 is 0 Å². The average Bonchev–Trinajstić information content (AvgIpc) is 2.54. The fourth-order valence-electron chi connectivity index (χ4n) is 1.98. The number of halogens is 1. The van der Waals surface area contributed by atoms with Crippen molar-refractivity contribution in [3.05, 3.63) is 28.2 Å². The maximum Gasteiger partial charge on any atom is 0.299 e. The number of hydrogen-bond donors (Lipinski definition) is 0. The number of amides is 1. The minimum absolute atomic E-state index is 0.0870. The number of nitrogens with zero attached hydrogens (tertiary/aromatic N) is 1. The molecule has 0 spiro atoms. The molecule has 1 aromatic carbocycles. The molecule has 0 atom stereocenters. The molecule has 0 saturated carbocycles. The number of anilines is 1. The van der Waals surface area contributed by atoms with Crippen molar-refractivity contribution in [2.24, 2.45) is 0 Å². The molecule has 0 saturated heterocycles. The lowest BCUT2D eigenvalue weighted by Gasteiger charge is -2.15. The Labute approximate surface area is 113 Å². The van der Waals surface area contributed by atoms with Crippen molar-refractivity contribution in [1.82, 2.24) is 0 Å². The van der Waals surface area contributed by atoms with Crippen LogP contribution in [0.1, 0.15) is 30.1 Å². The van der Waals surface area contributed by atoms with Gasteiger partial charge in [-0.1, -0.05) is 15.9 Å². The predicted molar refractivity (Wildman–Crippen MR) is 70.7 cm³/mol.